The largest absolute Gasteiger partial charge is 0.459 e. The summed E-state index contributed by atoms with van der Waals surface area (Å²) in [5, 5.41) is 1.03. The molecule has 3 aromatic rings. The second-order valence-corrected chi connectivity index (χ2v) is 10.2. The van der Waals surface area contributed by atoms with Crippen molar-refractivity contribution in [2.45, 2.75) is 26.3 Å². The molecule has 0 fully saturated rings. The van der Waals surface area contributed by atoms with Crippen LogP contribution in [0.25, 0.3) is 17.0 Å². The number of amides is 2. The van der Waals surface area contributed by atoms with Gasteiger partial charge in [-0.3, -0.25) is 23.6 Å². The molecule has 0 aliphatic carbocycles. The molecule has 0 spiro atoms. The Hall–Kier alpha value is -3.26. The van der Waals surface area contributed by atoms with Crippen molar-refractivity contribution in [3.05, 3.63) is 65.1 Å². The number of anilines is 1. The lowest BCUT2D eigenvalue weighted by Crippen LogP contribution is -2.37. The maximum atomic E-state index is 12.7. The van der Waals surface area contributed by atoms with E-state index in [9.17, 15) is 19.0 Å². The topological polar surface area (TPSA) is 113 Å². The number of rotatable bonds is 7. The molecule has 4 rings (SSSR count). The van der Waals surface area contributed by atoms with Crippen LogP contribution in [0, 0.1) is 6.92 Å². The van der Waals surface area contributed by atoms with Crippen molar-refractivity contribution in [2.24, 2.45) is 0 Å². The molecule has 0 radical (unpaired) electrons. The smallest absolute Gasteiger partial charge is 0.326 e. The third kappa shape index (κ3) is 5.28. The average Bonchev–Trinajstić information content (AvgIpc) is 3.11. The van der Waals surface area contributed by atoms with Crippen molar-refractivity contribution in [1.82, 2.24) is 9.88 Å². The number of pyridine rings is 1. The van der Waals surface area contributed by atoms with Crippen molar-refractivity contribution in [3.8, 4) is 0 Å². The molecule has 1 aliphatic heterocycles. The van der Waals surface area contributed by atoms with Crippen LogP contribution < -0.4 is 4.90 Å². The molecule has 0 saturated heterocycles. The summed E-state index contributed by atoms with van der Waals surface area (Å²) in [6.45, 7) is 3.04. The molecule has 178 valence electrons. The lowest BCUT2D eigenvalue weighted by Gasteiger charge is -2.28. The minimum atomic E-state index is -3.73. The van der Waals surface area contributed by atoms with E-state index in [0.717, 1.165) is 34.5 Å². The van der Waals surface area contributed by atoms with Crippen LogP contribution in [0.15, 0.2) is 47.0 Å². The van der Waals surface area contributed by atoms with Gasteiger partial charge < -0.3 is 14.2 Å². The lowest BCUT2D eigenvalue weighted by molar-refractivity contribution is -0.125. The van der Waals surface area contributed by atoms with Crippen molar-refractivity contribution in [2.75, 3.05) is 25.3 Å². The number of fused-ring (bicyclic) bond motifs is 2. The van der Waals surface area contributed by atoms with E-state index in [4.69, 9.17) is 8.94 Å². The molecule has 1 N–H and O–H groups in total. The fraction of sp³-hybridized carbons (Fsp3) is 0.292. The molecule has 1 unspecified atom stereocenters. The van der Waals surface area contributed by atoms with Crippen LogP contribution in [0.2, 0.25) is 0 Å². The van der Waals surface area contributed by atoms with Crippen LogP contribution in [0.4, 0.5) is 5.82 Å². The Bertz CT molecular complexity index is 1330. The van der Waals surface area contributed by atoms with Gasteiger partial charge in [0.05, 0.1) is 6.54 Å². The predicted octanol–water partition coefficient (Wildman–Crippen LogP) is 3.88. The Labute approximate surface area is 197 Å². The maximum absolute atomic E-state index is 12.7. The van der Waals surface area contributed by atoms with E-state index < -0.39 is 7.60 Å². The van der Waals surface area contributed by atoms with E-state index in [-0.39, 0.29) is 25.0 Å². The molecular formula is C24H26N3O6P. The average molecular weight is 483 g/mol. The van der Waals surface area contributed by atoms with Crippen LogP contribution >= 0.6 is 7.60 Å². The van der Waals surface area contributed by atoms with E-state index >= 15 is 0 Å². The second-order valence-electron chi connectivity index (χ2n) is 8.31. The summed E-state index contributed by atoms with van der Waals surface area (Å²) in [5.74, 6) is 0.719. The van der Waals surface area contributed by atoms with Gasteiger partial charge in [0, 0.05) is 43.4 Å². The molecule has 2 amide bonds. The number of carbonyl (C=O) groups is 2. The standard InChI is InChI=1S/C24H26N3O6P/c1-16-19-6-4-5-7-20(19)33-21(16)14-26(2)22(28)10-8-17-12-18-9-11-23(29)27(24(18)25-13-17)15-32-34(3,30)31/h4-8,10,12-13H,9,11,14-15H2,1-3H3,(H,30,31)/b10-8+. The summed E-state index contributed by atoms with van der Waals surface area (Å²) < 4.78 is 22.3. The van der Waals surface area contributed by atoms with E-state index in [1.165, 1.54) is 11.0 Å². The van der Waals surface area contributed by atoms with Gasteiger partial charge in [0.2, 0.25) is 11.8 Å². The molecule has 1 aliphatic rings. The Morgan fingerprint density at radius 3 is 2.85 bits per heavy atom. The Balaban J connectivity index is 1.45. The second kappa shape index (κ2) is 9.54. The van der Waals surface area contributed by atoms with E-state index in [2.05, 4.69) is 4.98 Å². The first-order valence-electron chi connectivity index (χ1n) is 10.8. The van der Waals surface area contributed by atoms with Gasteiger partial charge in [-0.25, -0.2) is 4.98 Å². The minimum Gasteiger partial charge on any atom is -0.459 e. The summed E-state index contributed by atoms with van der Waals surface area (Å²) in [4.78, 5) is 41.4. The number of para-hydroxylation sites is 1. The van der Waals surface area contributed by atoms with Gasteiger partial charge in [-0.15, -0.1) is 0 Å². The van der Waals surface area contributed by atoms with Crippen LogP contribution in [-0.2, 0) is 31.6 Å². The summed E-state index contributed by atoms with van der Waals surface area (Å²) in [6, 6.07) is 9.61. The molecule has 34 heavy (non-hydrogen) atoms. The number of aromatic nitrogens is 1. The highest BCUT2D eigenvalue weighted by molar-refractivity contribution is 7.51. The number of hydrogen-bond donors (Lipinski definition) is 1. The number of likely N-dealkylation sites (N-methyl/N-ethyl adjacent to an activating group) is 1. The van der Waals surface area contributed by atoms with E-state index in [1.54, 1.807) is 24.2 Å². The minimum absolute atomic E-state index is 0.190. The Kier molecular flexibility index (Phi) is 6.70. The highest BCUT2D eigenvalue weighted by Gasteiger charge is 2.27. The summed E-state index contributed by atoms with van der Waals surface area (Å²) in [5.41, 5.74) is 3.32. The number of nitrogens with zero attached hydrogens (tertiary/aromatic N) is 3. The number of carbonyl (C=O) groups excluding carboxylic acids is 2. The van der Waals surface area contributed by atoms with Crippen LogP contribution in [0.3, 0.4) is 0 Å². The zero-order valence-electron chi connectivity index (χ0n) is 19.2. The van der Waals surface area contributed by atoms with Gasteiger partial charge in [0.1, 0.15) is 23.9 Å². The number of hydrogen-bond acceptors (Lipinski definition) is 6. The quantitative estimate of drug-likeness (QED) is 0.401. The summed E-state index contributed by atoms with van der Waals surface area (Å²) in [7, 11) is -2.02. The fourth-order valence-electron chi connectivity index (χ4n) is 3.80. The monoisotopic (exact) mass is 483 g/mol. The molecule has 2 aromatic heterocycles. The van der Waals surface area contributed by atoms with Crippen LogP contribution in [0.1, 0.15) is 28.9 Å². The SMILES string of the molecule is Cc1c(CN(C)C(=O)/C=C/c2cnc3c(c2)CCC(=O)N3COP(C)(=O)O)oc2ccccc12. The van der Waals surface area contributed by atoms with Gasteiger partial charge >= 0.3 is 7.60 Å². The van der Waals surface area contributed by atoms with Crippen LogP contribution in [0.5, 0.6) is 0 Å². The van der Waals surface area contributed by atoms with Crippen molar-refractivity contribution in [3.63, 3.8) is 0 Å². The lowest BCUT2D eigenvalue weighted by atomic mass is 10.0. The fourth-order valence-corrected chi connectivity index (χ4v) is 4.13. The first kappa shape index (κ1) is 23.9. The summed E-state index contributed by atoms with van der Waals surface area (Å²) in [6.07, 6.45) is 5.41. The molecular weight excluding hydrogens is 457 g/mol. The van der Waals surface area contributed by atoms with E-state index in [1.807, 2.05) is 37.3 Å². The van der Waals surface area contributed by atoms with E-state index in [0.29, 0.717) is 24.3 Å². The van der Waals surface area contributed by atoms with Crippen molar-refractivity contribution in [1.29, 1.82) is 0 Å². The molecule has 0 saturated carbocycles. The third-order valence-electron chi connectivity index (χ3n) is 5.67. The van der Waals surface area contributed by atoms with Gasteiger partial charge in [0.15, 0.2) is 0 Å². The Morgan fingerprint density at radius 2 is 2.12 bits per heavy atom. The molecule has 0 bridgehead atoms. The molecule has 1 atom stereocenters. The highest BCUT2D eigenvalue weighted by Crippen LogP contribution is 2.38. The highest BCUT2D eigenvalue weighted by atomic mass is 31.2. The van der Waals surface area contributed by atoms with Gasteiger partial charge in [-0.05, 0) is 42.7 Å². The predicted molar refractivity (Wildman–Crippen MR) is 128 cm³/mol. The summed E-state index contributed by atoms with van der Waals surface area (Å²) >= 11 is 0. The number of benzene rings is 1. The molecule has 3 heterocycles. The van der Waals surface area contributed by atoms with Crippen molar-refractivity contribution < 1.29 is 28.0 Å². The third-order valence-corrected chi connectivity index (χ3v) is 6.27. The molecule has 1 aromatic carbocycles. The zero-order chi connectivity index (χ0) is 24.5. The van der Waals surface area contributed by atoms with Gasteiger partial charge in [0.25, 0.3) is 0 Å². The zero-order valence-corrected chi connectivity index (χ0v) is 20.1. The number of aryl methyl sites for hydroxylation is 2. The van der Waals surface area contributed by atoms with Crippen LogP contribution in [-0.4, -0.2) is 47.0 Å². The first-order valence-corrected chi connectivity index (χ1v) is 12.8. The number of furan rings is 1. The van der Waals surface area contributed by atoms with Crippen molar-refractivity contribution >= 4 is 42.3 Å². The molecule has 10 heteroatoms. The maximum Gasteiger partial charge on any atom is 0.326 e. The van der Waals surface area contributed by atoms with Gasteiger partial charge in [-0.2, -0.15) is 0 Å². The normalized spacial score (nSPS) is 15.5. The molecule has 9 nitrogen and oxygen atoms in total. The Morgan fingerprint density at radius 1 is 1.35 bits per heavy atom. The first-order chi connectivity index (χ1) is 16.1. The van der Waals surface area contributed by atoms with Gasteiger partial charge in [-0.1, -0.05) is 18.2 Å².